The fourth-order valence-electron chi connectivity index (χ4n) is 2.58. The highest BCUT2D eigenvalue weighted by Gasteiger charge is 2.20. The first-order valence-electron chi connectivity index (χ1n) is 8.42. The molecule has 2 aromatic carbocycles. The van der Waals surface area contributed by atoms with E-state index in [1.165, 1.54) is 11.8 Å². The molecule has 3 rings (SSSR count). The van der Waals surface area contributed by atoms with E-state index in [0.29, 0.717) is 27.8 Å². The van der Waals surface area contributed by atoms with Crippen LogP contribution in [0, 0.1) is 0 Å². The van der Waals surface area contributed by atoms with Crippen molar-refractivity contribution in [2.45, 2.75) is 9.92 Å². The molecular weight excluding hydrogens is 440 g/mol. The first kappa shape index (κ1) is 20.2. The zero-order valence-corrected chi connectivity index (χ0v) is 18.1. The van der Waals surface area contributed by atoms with Crippen molar-refractivity contribution < 1.29 is 14.3 Å². The molecule has 0 aliphatic heterocycles. The molecule has 0 N–H and O–H groups in total. The Morgan fingerprint density at radius 3 is 2.43 bits per heavy atom. The summed E-state index contributed by atoms with van der Waals surface area (Å²) in [4.78, 5) is 20.1. The SMILES string of the molecule is COc1ccc(N(C)C(=O)c2cccnc2Sc2ccc(Br)cc2)cc1OC. The lowest BCUT2D eigenvalue weighted by Crippen LogP contribution is -2.27. The van der Waals surface area contributed by atoms with E-state index in [2.05, 4.69) is 20.9 Å². The molecule has 144 valence electrons. The maximum atomic E-state index is 13.2. The van der Waals surface area contributed by atoms with Crippen molar-refractivity contribution in [2.24, 2.45) is 0 Å². The van der Waals surface area contributed by atoms with E-state index in [4.69, 9.17) is 9.47 Å². The van der Waals surface area contributed by atoms with E-state index in [1.54, 1.807) is 56.6 Å². The Labute approximate surface area is 176 Å². The Morgan fingerprint density at radius 1 is 1.04 bits per heavy atom. The van der Waals surface area contributed by atoms with Gasteiger partial charge in [-0.15, -0.1) is 0 Å². The summed E-state index contributed by atoms with van der Waals surface area (Å²) in [6.45, 7) is 0. The van der Waals surface area contributed by atoms with E-state index >= 15 is 0 Å². The third kappa shape index (κ3) is 4.48. The first-order valence-corrected chi connectivity index (χ1v) is 10.0. The second kappa shape index (κ2) is 9.12. The van der Waals surface area contributed by atoms with Crippen molar-refractivity contribution in [1.82, 2.24) is 4.98 Å². The fourth-order valence-corrected chi connectivity index (χ4v) is 3.72. The highest BCUT2D eigenvalue weighted by molar-refractivity contribution is 9.10. The monoisotopic (exact) mass is 458 g/mol. The van der Waals surface area contributed by atoms with Crippen LogP contribution in [0.4, 0.5) is 5.69 Å². The lowest BCUT2D eigenvalue weighted by atomic mass is 10.2. The van der Waals surface area contributed by atoms with E-state index in [9.17, 15) is 4.79 Å². The molecule has 5 nitrogen and oxygen atoms in total. The van der Waals surface area contributed by atoms with Gasteiger partial charge in [0, 0.05) is 34.4 Å². The number of amides is 1. The Morgan fingerprint density at radius 2 is 1.75 bits per heavy atom. The molecule has 7 heteroatoms. The zero-order chi connectivity index (χ0) is 20.1. The van der Waals surface area contributed by atoms with Crippen LogP contribution in [0.25, 0.3) is 0 Å². The molecule has 0 spiro atoms. The largest absolute Gasteiger partial charge is 0.493 e. The molecule has 0 aliphatic carbocycles. The standard InChI is InChI=1S/C21H19BrN2O3S/c1-24(15-8-11-18(26-2)19(13-15)27-3)21(25)17-5-4-12-23-20(17)28-16-9-6-14(22)7-10-16/h4-13H,1-3H3. The van der Waals surface area contributed by atoms with Crippen LogP contribution in [-0.4, -0.2) is 32.2 Å². The lowest BCUT2D eigenvalue weighted by molar-refractivity contribution is 0.0989. The number of hydrogen-bond donors (Lipinski definition) is 0. The number of nitrogens with zero attached hydrogens (tertiary/aromatic N) is 2. The topological polar surface area (TPSA) is 51.7 Å². The molecule has 1 amide bonds. The van der Waals surface area contributed by atoms with Gasteiger partial charge in [-0.05, 0) is 48.5 Å². The van der Waals surface area contributed by atoms with Gasteiger partial charge in [-0.3, -0.25) is 4.79 Å². The molecular formula is C21H19BrN2O3S. The van der Waals surface area contributed by atoms with Crippen LogP contribution < -0.4 is 14.4 Å². The molecule has 1 heterocycles. The van der Waals surface area contributed by atoms with Gasteiger partial charge in [0.25, 0.3) is 5.91 Å². The van der Waals surface area contributed by atoms with Gasteiger partial charge in [-0.1, -0.05) is 27.7 Å². The predicted octanol–water partition coefficient (Wildman–Crippen LogP) is 5.29. The molecule has 0 bridgehead atoms. The average molecular weight is 459 g/mol. The van der Waals surface area contributed by atoms with Gasteiger partial charge < -0.3 is 14.4 Å². The van der Waals surface area contributed by atoms with Gasteiger partial charge in [0.2, 0.25) is 0 Å². The Bertz CT molecular complexity index is 980. The van der Waals surface area contributed by atoms with Crippen molar-refractivity contribution in [3.63, 3.8) is 0 Å². The minimum Gasteiger partial charge on any atom is -0.493 e. The minimum atomic E-state index is -0.153. The van der Waals surface area contributed by atoms with Crippen molar-refractivity contribution in [3.8, 4) is 11.5 Å². The molecule has 0 atom stereocenters. The molecule has 0 saturated carbocycles. The normalized spacial score (nSPS) is 10.4. The second-order valence-electron chi connectivity index (χ2n) is 5.82. The Hall–Kier alpha value is -2.51. The number of carbonyl (C=O) groups excluding carboxylic acids is 1. The average Bonchev–Trinajstić information content (AvgIpc) is 2.74. The fraction of sp³-hybridized carbons (Fsp3) is 0.143. The first-order chi connectivity index (χ1) is 13.5. The molecule has 0 saturated heterocycles. The quantitative estimate of drug-likeness (QED) is 0.502. The summed E-state index contributed by atoms with van der Waals surface area (Å²) in [6.07, 6.45) is 1.69. The summed E-state index contributed by atoms with van der Waals surface area (Å²) >= 11 is 4.88. The van der Waals surface area contributed by atoms with Crippen molar-refractivity contribution in [3.05, 3.63) is 70.8 Å². The van der Waals surface area contributed by atoms with E-state index < -0.39 is 0 Å². The van der Waals surface area contributed by atoms with Crippen molar-refractivity contribution in [2.75, 3.05) is 26.2 Å². The number of halogens is 1. The van der Waals surface area contributed by atoms with Gasteiger partial charge in [-0.2, -0.15) is 0 Å². The van der Waals surface area contributed by atoms with Gasteiger partial charge in [0.05, 0.1) is 19.8 Å². The number of methoxy groups -OCH3 is 2. The van der Waals surface area contributed by atoms with Gasteiger partial charge >= 0.3 is 0 Å². The molecule has 0 aliphatic rings. The van der Waals surface area contributed by atoms with Crippen LogP contribution in [0.15, 0.2) is 75.2 Å². The van der Waals surface area contributed by atoms with E-state index in [0.717, 1.165) is 9.37 Å². The smallest absolute Gasteiger partial charge is 0.260 e. The number of pyridine rings is 1. The summed E-state index contributed by atoms with van der Waals surface area (Å²) in [5, 5.41) is 0.655. The maximum Gasteiger partial charge on any atom is 0.260 e. The number of benzene rings is 2. The summed E-state index contributed by atoms with van der Waals surface area (Å²) < 4.78 is 11.6. The molecule has 28 heavy (non-hydrogen) atoms. The third-order valence-electron chi connectivity index (χ3n) is 4.09. The van der Waals surface area contributed by atoms with Crippen LogP contribution in [-0.2, 0) is 0 Å². The van der Waals surface area contributed by atoms with Gasteiger partial charge in [-0.25, -0.2) is 4.98 Å². The van der Waals surface area contributed by atoms with Crippen LogP contribution in [0.1, 0.15) is 10.4 Å². The van der Waals surface area contributed by atoms with Gasteiger partial charge in [0.15, 0.2) is 11.5 Å². The molecule has 0 radical (unpaired) electrons. The zero-order valence-electron chi connectivity index (χ0n) is 15.7. The number of hydrogen-bond acceptors (Lipinski definition) is 5. The number of anilines is 1. The van der Waals surface area contributed by atoms with E-state index in [-0.39, 0.29) is 5.91 Å². The third-order valence-corrected chi connectivity index (χ3v) is 5.64. The van der Waals surface area contributed by atoms with Gasteiger partial charge in [0.1, 0.15) is 5.03 Å². The predicted molar refractivity (Wildman–Crippen MR) is 115 cm³/mol. The summed E-state index contributed by atoms with van der Waals surface area (Å²) in [7, 11) is 4.87. The van der Waals surface area contributed by atoms with Crippen LogP contribution in [0.5, 0.6) is 11.5 Å². The highest BCUT2D eigenvalue weighted by atomic mass is 79.9. The lowest BCUT2D eigenvalue weighted by Gasteiger charge is -2.20. The Kier molecular flexibility index (Phi) is 6.59. The maximum absolute atomic E-state index is 13.2. The molecule has 0 unspecified atom stereocenters. The molecule has 0 fully saturated rings. The van der Waals surface area contributed by atoms with Crippen LogP contribution in [0.2, 0.25) is 0 Å². The summed E-state index contributed by atoms with van der Waals surface area (Å²) in [5.41, 5.74) is 1.23. The van der Waals surface area contributed by atoms with Crippen LogP contribution in [0.3, 0.4) is 0 Å². The number of ether oxygens (including phenoxy) is 2. The number of carbonyl (C=O) groups is 1. The van der Waals surface area contributed by atoms with E-state index in [1.807, 2.05) is 30.3 Å². The highest BCUT2D eigenvalue weighted by Crippen LogP contribution is 2.33. The van der Waals surface area contributed by atoms with Crippen molar-refractivity contribution >= 4 is 39.3 Å². The minimum absolute atomic E-state index is 0.153. The van der Waals surface area contributed by atoms with Crippen molar-refractivity contribution in [1.29, 1.82) is 0 Å². The molecule has 3 aromatic rings. The number of aromatic nitrogens is 1. The second-order valence-corrected chi connectivity index (χ2v) is 7.79. The Balaban J connectivity index is 1.89. The number of rotatable bonds is 6. The molecule has 1 aromatic heterocycles. The summed E-state index contributed by atoms with van der Waals surface area (Å²) in [6, 6.07) is 16.8. The summed E-state index contributed by atoms with van der Waals surface area (Å²) in [5.74, 6) is 1.02. The van der Waals surface area contributed by atoms with Crippen LogP contribution >= 0.6 is 27.7 Å².